The van der Waals surface area contributed by atoms with E-state index in [9.17, 15) is 4.79 Å². The standard InChI is InChI=1S/C19H28O2/c1-3-5-6-8-16-13-17(14-16)19(20)21-18-11-9-15(7-4-2)10-12-18/h9-12,16-17H,3-8,13-14H2,1-2H3/t16-,17-. The van der Waals surface area contributed by atoms with Crippen molar-refractivity contribution in [3.63, 3.8) is 0 Å². The zero-order valence-electron chi connectivity index (χ0n) is 13.4. The molecule has 0 saturated heterocycles. The summed E-state index contributed by atoms with van der Waals surface area (Å²) >= 11 is 0. The summed E-state index contributed by atoms with van der Waals surface area (Å²) in [5, 5.41) is 0. The van der Waals surface area contributed by atoms with Crippen LogP contribution in [0.3, 0.4) is 0 Å². The van der Waals surface area contributed by atoms with Crippen LogP contribution in [-0.4, -0.2) is 5.97 Å². The van der Waals surface area contributed by atoms with Crippen LogP contribution in [0.15, 0.2) is 24.3 Å². The van der Waals surface area contributed by atoms with Crippen LogP contribution in [-0.2, 0) is 11.2 Å². The molecule has 0 radical (unpaired) electrons. The molecular weight excluding hydrogens is 260 g/mol. The Bertz CT molecular complexity index is 429. The lowest BCUT2D eigenvalue weighted by molar-refractivity contribution is -0.143. The normalized spacial score (nSPS) is 20.9. The first-order valence-electron chi connectivity index (χ1n) is 8.53. The molecule has 0 N–H and O–H groups in total. The van der Waals surface area contributed by atoms with Gasteiger partial charge in [-0.05, 0) is 42.9 Å². The largest absolute Gasteiger partial charge is 0.426 e. The molecule has 2 rings (SSSR count). The van der Waals surface area contributed by atoms with Crippen molar-refractivity contribution in [2.24, 2.45) is 11.8 Å². The number of unbranched alkanes of at least 4 members (excludes halogenated alkanes) is 2. The number of aryl methyl sites for hydroxylation is 1. The molecule has 0 amide bonds. The molecule has 116 valence electrons. The maximum Gasteiger partial charge on any atom is 0.314 e. The second-order valence-corrected chi connectivity index (χ2v) is 6.35. The van der Waals surface area contributed by atoms with Crippen molar-refractivity contribution < 1.29 is 9.53 Å². The quantitative estimate of drug-likeness (QED) is 0.375. The molecule has 21 heavy (non-hydrogen) atoms. The van der Waals surface area contributed by atoms with Crippen LogP contribution in [0.4, 0.5) is 0 Å². The molecular formula is C19H28O2. The van der Waals surface area contributed by atoms with Gasteiger partial charge in [-0.25, -0.2) is 0 Å². The smallest absolute Gasteiger partial charge is 0.314 e. The van der Waals surface area contributed by atoms with Crippen LogP contribution in [0.2, 0.25) is 0 Å². The van der Waals surface area contributed by atoms with Gasteiger partial charge in [0.1, 0.15) is 5.75 Å². The third kappa shape index (κ3) is 4.87. The van der Waals surface area contributed by atoms with Gasteiger partial charge in [-0.3, -0.25) is 4.79 Å². The van der Waals surface area contributed by atoms with Crippen molar-refractivity contribution in [1.29, 1.82) is 0 Å². The van der Waals surface area contributed by atoms with E-state index in [1.54, 1.807) is 0 Å². The third-order valence-corrected chi connectivity index (χ3v) is 4.47. The summed E-state index contributed by atoms with van der Waals surface area (Å²) in [6.45, 7) is 4.40. The van der Waals surface area contributed by atoms with Gasteiger partial charge in [0.25, 0.3) is 0 Å². The van der Waals surface area contributed by atoms with E-state index in [0.717, 1.165) is 31.6 Å². The molecule has 1 saturated carbocycles. The highest BCUT2D eigenvalue weighted by Gasteiger charge is 2.35. The van der Waals surface area contributed by atoms with Crippen molar-refractivity contribution >= 4 is 5.97 Å². The number of rotatable bonds is 8. The second-order valence-electron chi connectivity index (χ2n) is 6.35. The van der Waals surface area contributed by atoms with Gasteiger partial charge >= 0.3 is 5.97 Å². The minimum absolute atomic E-state index is 0.0371. The van der Waals surface area contributed by atoms with Crippen molar-refractivity contribution in [2.45, 2.75) is 65.2 Å². The molecule has 1 aromatic rings. The van der Waals surface area contributed by atoms with E-state index < -0.39 is 0 Å². The molecule has 1 aliphatic carbocycles. The van der Waals surface area contributed by atoms with Crippen LogP contribution < -0.4 is 4.74 Å². The Morgan fingerprint density at radius 1 is 1.10 bits per heavy atom. The summed E-state index contributed by atoms with van der Waals surface area (Å²) in [7, 11) is 0. The van der Waals surface area contributed by atoms with Crippen LogP contribution in [0, 0.1) is 11.8 Å². The highest BCUT2D eigenvalue weighted by Crippen LogP contribution is 2.38. The zero-order chi connectivity index (χ0) is 15.1. The molecule has 0 unspecified atom stereocenters. The average molecular weight is 288 g/mol. The van der Waals surface area contributed by atoms with Gasteiger partial charge in [0.2, 0.25) is 0 Å². The number of ether oxygens (including phenoxy) is 1. The molecule has 0 spiro atoms. The number of hydrogen-bond acceptors (Lipinski definition) is 2. The van der Waals surface area contributed by atoms with Gasteiger partial charge < -0.3 is 4.74 Å². The summed E-state index contributed by atoms with van der Waals surface area (Å²) in [6, 6.07) is 7.95. The first-order valence-corrected chi connectivity index (χ1v) is 8.53. The molecule has 1 aromatic carbocycles. The van der Waals surface area contributed by atoms with Crippen LogP contribution >= 0.6 is 0 Å². The molecule has 0 bridgehead atoms. The van der Waals surface area contributed by atoms with Crippen molar-refractivity contribution in [2.75, 3.05) is 0 Å². The van der Waals surface area contributed by atoms with Crippen LogP contribution in [0.5, 0.6) is 5.75 Å². The number of carbonyl (C=O) groups is 1. The highest BCUT2D eigenvalue weighted by atomic mass is 16.5. The van der Waals surface area contributed by atoms with E-state index >= 15 is 0 Å². The predicted octanol–water partition coefficient (Wildman–Crippen LogP) is 5.15. The highest BCUT2D eigenvalue weighted by molar-refractivity contribution is 5.76. The van der Waals surface area contributed by atoms with Gasteiger partial charge in [0, 0.05) is 0 Å². The first kappa shape index (κ1) is 16.1. The predicted molar refractivity (Wildman–Crippen MR) is 86.4 cm³/mol. The molecule has 0 aromatic heterocycles. The number of carbonyl (C=O) groups excluding carboxylic acids is 1. The minimum atomic E-state index is -0.0371. The van der Waals surface area contributed by atoms with E-state index in [4.69, 9.17) is 4.74 Å². The first-order chi connectivity index (χ1) is 10.2. The lowest BCUT2D eigenvalue weighted by Gasteiger charge is -2.33. The monoisotopic (exact) mass is 288 g/mol. The summed E-state index contributed by atoms with van der Waals surface area (Å²) in [5.74, 6) is 1.53. The Labute approximate surface area is 128 Å². The Kier molecular flexibility index (Phi) is 6.28. The number of esters is 1. The minimum Gasteiger partial charge on any atom is -0.426 e. The topological polar surface area (TPSA) is 26.3 Å². The Balaban J connectivity index is 1.70. The fourth-order valence-electron chi connectivity index (χ4n) is 3.06. The summed E-state index contributed by atoms with van der Waals surface area (Å²) in [4.78, 5) is 12.1. The molecule has 0 atom stereocenters. The maximum atomic E-state index is 12.1. The Morgan fingerprint density at radius 2 is 1.81 bits per heavy atom. The van der Waals surface area contributed by atoms with Gasteiger partial charge in [-0.2, -0.15) is 0 Å². The van der Waals surface area contributed by atoms with Gasteiger partial charge in [0.05, 0.1) is 5.92 Å². The van der Waals surface area contributed by atoms with Gasteiger partial charge in [-0.15, -0.1) is 0 Å². The average Bonchev–Trinajstić information content (AvgIpc) is 2.43. The van der Waals surface area contributed by atoms with E-state index in [-0.39, 0.29) is 11.9 Å². The molecule has 2 heteroatoms. The van der Waals surface area contributed by atoms with Gasteiger partial charge in [-0.1, -0.05) is 58.1 Å². The molecule has 0 aliphatic heterocycles. The molecule has 1 aliphatic rings. The fourth-order valence-corrected chi connectivity index (χ4v) is 3.06. The lowest BCUT2D eigenvalue weighted by Crippen LogP contribution is -2.33. The second kappa shape index (κ2) is 8.21. The lowest BCUT2D eigenvalue weighted by atomic mass is 9.72. The fraction of sp³-hybridized carbons (Fsp3) is 0.632. The van der Waals surface area contributed by atoms with E-state index in [2.05, 4.69) is 26.0 Å². The van der Waals surface area contributed by atoms with Gasteiger partial charge in [0.15, 0.2) is 0 Å². The zero-order valence-corrected chi connectivity index (χ0v) is 13.4. The third-order valence-electron chi connectivity index (χ3n) is 4.47. The van der Waals surface area contributed by atoms with Crippen molar-refractivity contribution in [1.82, 2.24) is 0 Å². The van der Waals surface area contributed by atoms with E-state index in [0.29, 0.717) is 5.75 Å². The molecule has 0 heterocycles. The van der Waals surface area contributed by atoms with E-state index in [1.807, 2.05) is 12.1 Å². The van der Waals surface area contributed by atoms with E-state index in [1.165, 1.54) is 31.2 Å². The van der Waals surface area contributed by atoms with Crippen LogP contribution in [0.1, 0.15) is 64.4 Å². The number of hydrogen-bond donors (Lipinski definition) is 0. The maximum absolute atomic E-state index is 12.1. The number of benzene rings is 1. The summed E-state index contributed by atoms with van der Waals surface area (Å²) < 4.78 is 5.49. The van der Waals surface area contributed by atoms with Crippen LogP contribution in [0.25, 0.3) is 0 Å². The van der Waals surface area contributed by atoms with Crippen molar-refractivity contribution in [3.05, 3.63) is 29.8 Å². The SMILES string of the molecule is CCCCC[C@H]1C[C@H](C(=O)Oc2ccc(CCC)cc2)C1. The Hall–Kier alpha value is -1.31. The van der Waals surface area contributed by atoms with Crippen molar-refractivity contribution in [3.8, 4) is 5.75 Å². The summed E-state index contributed by atoms with van der Waals surface area (Å²) in [6.07, 6.45) is 9.44. The molecule has 1 fully saturated rings. The summed E-state index contributed by atoms with van der Waals surface area (Å²) in [5.41, 5.74) is 1.30. The Morgan fingerprint density at radius 3 is 2.43 bits per heavy atom. The molecule has 2 nitrogen and oxygen atoms in total.